The van der Waals surface area contributed by atoms with Crippen molar-refractivity contribution in [3.05, 3.63) is 109 Å². The molecule has 2 N–H and O–H groups in total. The lowest BCUT2D eigenvalue weighted by Crippen LogP contribution is -2.47. The van der Waals surface area contributed by atoms with E-state index in [-0.39, 0.29) is 5.91 Å². The largest absolute Gasteiger partial charge is 0.333 e. The van der Waals surface area contributed by atoms with Crippen molar-refractivity contribution in [1.29, 1.82) is 0 Å². The van der Waals surface area contributed by atoms with Crippen LogP contribution < -0.4 is 10.6 Å². The number of nitrogens with one attached hydrogen (secondary N) is 2. The molecule has 2 aromatic carbocycles. The number of aromatic nitrogens is 1. The van der Waals surface area contributed by atoms with Crippen molar-refractivity contribution in [1.82, 2.24) is 15.2 Å². The number of hydrogen-bond acceptors (Lipinski definition) is 4. The summed E-state index contributed by atoms with van der Waals surface area (Å²) in [6.07, 6.45) is 9.02. The number of rotatable bonds is 3. The highest BCUT2D eigenvalue weighted by molar-refractivity contribution is 7.80. The number of benzene rings is 2. The summed E-state index contributed by atoms with van der Waals surface area (Å²) in [5.74, 6) is -0.265. The maximum atomic E-state index is 13.5. The van der Waals surface area contributed by atoms with Crippen molar-refractivity contribution in [3.8, 4) is 0 Å². The maximum Gasteiger partial charge on any atom is 0.271 e. The van der Waals surface area contributed by atoms with Crippen LogP contribution in [-0.2, 0) is 4.79 Å². The number of amides is 1. The van der Waals surface area contributed by atoms with Crippen LogP contribution in [0, 0.1) is 0 Å². The SMILES string of the molecule is C=C1/C=C\C(C)=C/C/C(c2ccccc2)=N\C(NC(=S)Nc2cccc3cnccc23)C(=O)N1C. The van der Waals surface area contributed by atoms with Crippen LogP contribution in [0.4, 0.5) is 5.69 Å². The summed E-state index contributed by atoms with van der Waals surface area (Å²) in [6.45, 7) is 6.05. The van der Waals surface area contributed by atoms with Crippen molar-refractivity contribution in [2.75, 3.05) is 12.4 Å². The molecular formula is C28H27N5OS. The second kappa shape index (κ2) is 10.9. The molecule has 0 bridgehead atoms. The van der Waals surface area contributed by atoms with E-state index in [0.29, 0.717) is 17.2 Å². The van der Waals surface area contributed by atoms with Crippen LogP contribution >= 0.6 is 12.2 Å². The number of carbonyl (C=O) groups is 1. The van der Waals surface area contributed by atoms with Crippen LogP contribution in [0.25, 0.3) is 10.8 Å². The molecule has 0 radical (unpaired) electrons. The van der Waals surface area contributed by atoms with Gasteiger partial charge in [-0.1, -0.05) is 66.8 Å². The van der Waals surface area contributed by atoms with Gasteiger partial charge in [0.05, 0.1) is 0 Å². The number of pyridine rings is 1. The lowest BCUT2D eigenvalue weighted by atomic mass is 10.1. The first kappa shape index (κ1) is 24.0. The van der Waals surface area contributed by atoms with E-state index in [4.69, 9.17) is 17.2 Å². The summed E-state index contributed by atoms with van der Waals surface area (Å²) in [5.41, 5.74) is 4.17. The second-order valence-electron chi connectivity index (χ2n) is 8.22. The molecule has 6 nitrogen and oxygen atoms in total. The second-order valence-corrected chi connectivity index (χ2v) is 8.63. The number of carbonyl (C=O) groups excluding carboxylic acids is 1. The highest BCUT2D eigenvalue weighted by Gasteiger charge is 2.25. The molecule has 1 aliphatic rings. The molecular weight excluding hydrogens is 454 g/mol. The molecule has 0 aliphatic carbocycles. The van der Waals surface area contributed by atoms with E-state index in [1.165, 1.54) is 4.90 Å². The van der Waals surface area contributed by atoms with Crippen molar-refractivity contribution >= 4 is 45.4 Å². The molecule has 7 heteroatoms. The first-order valence-corrected chi connectivity index (χ1v) is 11.7. The molecule has 4 rings (SSSR count). The topological polar surface area (TPSA) is 69.6 Å². The zero-order valence-corrected chi connectivity index (χ0v) is 20.5. The fourth-order valence-corrected chi connectivity index (χ4v) is 3.91. The molecule has 1 unspecified atom stereocenters. The third-order valence-corrected chi connectivity index (χ3v) is 5.96. The van der Waals surface area contributed by atoms with Crippen molar-refractivity contribution in [2.45, 2.75) is 19.5 Å². The number of hydrogen-bond donors (Lipinski definition) is 2. The van der Waals surface area contributed by atoms with Gasteiger partial charge in [-0.15, -0.1) is 0 Å². The van der Waals surface area contributed by atoms with Gasteiger partial charge < -0.3 is 15.5 Å². The lowest BCUT2D eigenvalue weighted by Gasteiger charge is -2.24. The van der Waals surface area contributed by atoms with E-state index in [9.17, 15) is 4.79 Å². The fourth-order valence-electron chi connectivity index (χ4n) is 3.68. The number of likely N-dealkylation sites (N-methyl/N-ethyl adjacent to an activating group) is 1. The zero-order valence-electron chi connectivity index (χ0n) is 19.7. The Labute approximate surface area is 210 Å². The standard InChI is InChI=1S/C28H27N5OS/c1-19-12-14-20(2)33(3)27(34)26(30-24(15-13-19)21-8-5-4-6-9-21)32-28(35)31-25-11-7-10-22-18-29-17-16-23(22)25/h4-14,16-18,26H,2,15H2,1,3H3,(H2,31,32,35)/b14-12-,19-13-,30-24+. The summed E-state index contributed by atoms with van der Waals surface area (Å²) < 4.78 is 0. The normalized spacial score (nSPS) is 20.7. The van der Waals surface area contributed by atoms with Crippen LogP contribution in [-0.4, -0.2) is 39.8 Å². The fraction of sp³-hybridized carbons (Fsp3) is 0.143. The average Bonchev–Trinajstić information content (AvgIpc) is 2.89. The first-order chi connectivity index (χ1) is 16.9. The molecule has 2 heterocycles. The molecule has 1 aromatic heterocycles. The van der Waals surface area contributed by atoms with Gasteiger partial charge in [-0.2, -0.15) is 0 Å². The minimum Gasteiger partial charge on any atom is -0.333 e. The Kier molecular flexibility index (Phi) is 7.48. The predicted molar refractivity (Wildman–Crippen MR) is 147 cm³/mol. The van der Waals surface area contributed by atoms with Gasteiger partial charge in [0.15, 0.2) is 5.11 Å². The summed E-state index contributed by atoms with van der Waals surface area (Å²) >= 11 is 5.61. The number of allylic oxidation sites excluding steroid dienone is 4. The average molecular weight is 482 g/mol. The molecule has 1 atom stereocenters. The van der Waals surface area contributed by atoms with E-state index < -0.39 is 6.17 Å². The van der Waals surface area contributed by atoms with Gasteiger partial charge in [0.1, 0.15) is 0 Å². The van der Waals surface area contributed by atoms with Gasteiger partial charge in [-0.3, -0.25) is 14.8 Å². The Balaban J connectivity index is 1.68. The first-order valence-electron chi connectivity index (χ1n) is 11.3. The summed E-state index contributed by atoms with van der Waals surface area (Å²) in [7, 11) is 1.69. The number of fused-ring (bicyclic) bond motifs is 1. The molecule has 1 amide bonds. The molecule has 0 spiro atoms. The Morgan fingerprint density at radius 2 is 1.91 bits per heavy atom. The van der Waals surface area contributed by atoms with Crippen LogP contribution in [0.5, 0.6) is 0 Å². The number of nitrogens with zero attached hydrogens (tertiary/aromatic N) is 3. The molecule has 3 aromatic rings. The van der Waals surface area contributed by atoms with Gasteiger partial charge >= 0.3 is 0 Å². The van der Waals surface area contributed by atoms with Gasteiger partial charge in [-0.05, 0) is 42.9 Å². The van der Waals surface area contributed by atoms with E-state index in [1.54, 1.807) is 19.4 Å². The number of anilines is 1. The molecule has 0 saturated carbocycles. The molecule has 35 heavy (non-hydrogen) atoms. The Morgan fingerprint density at radius 1 is 1.11 bits per heavy atom. The quantitative estimate of drug-likeness (QED) is 0.503. The van der Waals surface area contributed by atoms with Crippen molar-refractivity contribution < 1.29 is 4.79 Å². The van der Waals surface area contributed by atoms with Crippen molar-refractivity contribution in [2.24, 2.45) is 4.99 Å². The molecule has 0 fully saturated rings. The minimum atomic E-state index is -0.941. The summed E-state index contributed by atoms with van der Waals surface area (Å²) in [5, 5.41) is 8.60. The predicted octanol–water partition coefficient (Wildman–Crippen LogP) is 5.21. The third-order valence-electron chi connectivity index (χ3n) is 5.74. The third kappa shape index (κ3) is 5.88. The molecule has 176 valence electrons. The van der Waals surface area contributed by atoms with E-state index >= 15 is 0 Å². The highest BCUT2D eigenvalue weighted by atomic mass is 32.1. The van der Waals surface area contributed by atoms with Gasteiger partial charge in [0, 0.05) is 53.7 Å². The minimum absolute atomic E-state index is 0.265. The summed E-state index contributed by atoms with van der Waals surface area (Å²) in [4.78, 5) is 24.0. The van der Waals surface area contributed by atoms with Gasteiger partial charge in [0.25, 0.3) is 5.91 Å². The maximum absolute atomic E-state index is 13.5. The number of thiocarbonyl (C=S) groups is 1. The van der Waals surface area contributed by atoms with Crippen LogP contribution in [0.2, 0.25) is 0 Å². The van der Waals surface area contributed by atoms with Crippen molar-refractivity contribution in [3.63, 3.8) is 0 Å². The van der Waals surface area contributed by atoms with E-state index in [2.05, 4.69) is 28.3 Å². The van der Waals surface area contributed by atoms with Crippen LogP contribution in [0.1, 0.15) is 18.9 Å². The summed E-state index contributed by atoms with van der Waals surface area (Å²) in [6, 6.07) is 17.6. The smallest absolute Gasteiger partial charge is 0.271 e. The lowest BCUT2D eigenvalue weighted by molar-refractivity contribution is -0.129. The van der Waals surface area contributed by atoms with Gasteiger partial charge in [-0.25, -0.2) is 0 Å². The molecule has 0 saturated heterocycles. The Hall–Kier alpha value is -4.10. The van der Waals surface area contributed by atoms with Gasteiger partial charge in [0.2, 0.25) is 6.17 Å². The Morgan fingerprint density at radius 3 is 2.71 bits per heavy atom. The highest BCUT2D eigenvalue weighted by Crippen LogP contribution is 2.22. The number of aliphatic imine (C=N–C) groups is 1. The Bertz CT molecular complexity index is 1350. The monoisotopic (exact) mass is 481 g/mol. The van der Waals surface area contributed by atoms with E-state index in [0.717, 1.165) is 33.3 Å². The molecule has 1 aliphatic heterocycles. The van der Waals surface area contributed by atoms with Crippen LogP contribution in [0.15, 0.2) is 108 Å². The zero-order chi connectivity index (χ0) is 24.8. The van der Waals surface area contributed by atoms with E-state index in [1.807, 2.05) is 73.7 Å². The van der Waals surface area contributed by atoms with Crippen LogP contribution in [0.3, 0.4) is 0 Å².